The number of hydrogen-bond donors (Lipinski definition) is 1. The van der Waals surface area contributed by atoms with Gasteiger partial charge < -0.3 is 0 Å². The quantitative estimate of drug-likeness (QED) is 0.600. The lowest BCUT2D eigenvalue weighted by Crippen LogP contribution is -2.16. The molecular weight excluding hydrogens is 170 g/mol. The van der Waals surface area contributed by atoms with Crippen LogP contribution in [0.2, 0.25) is 0 Å². The van der Waals surface area contributed by atoms with Crippen molar-refractivity contribution >= 4 is 5.78 Å². The Balaban J connectivity index is 2.97. The van der Waals surface area contributed by atoms with Crippen molar-refractivity contribution < 1.29 is 0 Å². The highest BCUT2D eigenvalue weighted by Crippen LogP contribution is 1.90. The molecule has 0 aliphatic rings. The molecule has 0 saturated heterocycles. The zero-order valence-electron chi connectivity index (χ0n) is 6.94. The van der Waals surface area contributed by atoms with E-state index in [0.29, 0.717) is 5.56 Å². The fraction of sp³-hybridized carbons (Fsp3) is 0.125. The lowest BCUT2D eigenvalue weighted by atomic mass is 10.4. The molecule has 0 atom stereocenters. The normalized spacial score (nSPS) is 10.5. The molecule has 2 aromatic heterocycles. The molecule has 0 bridgehead atoms. The minimum absolute atomic E-state index is 0.267. The van der Waals surface area contributed by atoms with Crippen molar-refractivity contribution in [2.75, 3.05) is 0 Å². The molecule has 2 aromatic rings. The molecule has 0 aliphatic carbocycles. The smallest absolute Gasteiger partial charge is 0.277 e. The second-order valence-corrected chi connectivity index (χ2v) is 2.76. The number of aromatic amines is 1. The van der Waals surface area contributed by atoms with Crippen LogP contribution in [0.25, 0.3) is 5.78 Å². The zero-order chi connectivity index (χ0) is 9.42. The summed E-state index contributed by atoms with van der Waals surface area (Å²) in [5.41, 5.74) is -0.0397. The van der Waals surface area contributed by atoms with E-state index in [2.05, 4.69) is 9.97 Å². The first-order valence-electron chi connectivity index (χ1n) is 3.76. The van der Waals surface area contributed by atoms with Crippen LogP contribution in [0.4, 0.5) is 0 Å². The summed E-state index contributed by atoms with van der Waals surface area (Å²) in [6.45, 7) is 1.67. The van der Waals surface area contributed by atoms with Crippen LogP contribution in [0.15, 0.2) is 28.0 Å². The molecule has 0 saturated carbocycles. The topological polar surface area (TPSA) is 67.2 Å². The fourth-order valence-corrected chi connectivity index (χ4v) is 1.07. The first-order chi connectivity index (χ1) is 6.16. The van der Waals surface area contributed by atoms with Gasteiger partial charge in [-0.1, -0.05) is 0 Å². The van der Waals surface area contributed by atoms with E-state index in [0.717, 1.165) is 0 Å². The van der Waals surface area contributed by atoms with E-state index >= 15 is 0 Å². The summed E-state index contributed by atoms with van der Waals surface area (Å²) < 4.78 is 1.60. The highest BCUT2D eigenvalue weighted by molar-refractivity contribution is 5.27. The van der Waals surface area contributed by atoms with E-state index in [-0.39, 0.29) is 16.9 Å². The van der Waals surface area contributed by atoms with Gasteiger partial charge in [0.25, 0.3) is 11.1 Å². The Morgan fingerprint density at radius 1 is 1.46 bits per heavy atom. The number of hydrogen-bond acceptors (Lipinski definition) is 3. The van der Waals surface area contributed by atoms with Crippen molar-refractivity contribution in [2.24, 2.45) is 0 Å². The van der Waals surface area contributed by atoms with Gasteiger partial charge in [-0.15, -0.1) is 0 Å². The van der Waals surface area contributed by atoms with Crippen LogP contribution in [0.1, 0.15) is 5.56 Å². The lowest BCUT2D eigenvalue weighted by Gasteiger charge is -1.98. The summed E-state index contributed by atoms with van der Waals surface area (Å²) in [6.07, 6.45) is 3.19. The van der Waals surface area contributed by atoms with Crippen LogP contribution >= 0.6 is 0 Å². The minimum Gasteiger partial charge on any atom is -0.294 e. The molecule has 0 fully saturated rings. The Bertz CT molecular complexity index is 567. The van der Waals surface area contributed by atoms with Gasteiger partial charge in [0.2, 0.25) is 5.78 Å². The van der Waals surface area contributed by atoms with E-state index in [9.17, 15) is 9.59 Å². The SMILES string of the molecule is Cc1cn2ccc(=O)[nH]c2nc1=O. The minimum atomic E-state index is -0.318. The molecule has 5 nitrogen and oxygen atoms in total. The molecule has 0 spiro atoms. The summed E-state index contributed by atoms with van der Waals surface area (Å²) in [5.74, 6) is 0.267. The largest absolute Gasteiger partial charge is 0.294 e. The maximum atomic E-state index is 11.1. The molecule has 2 rings (SSSR count). The van der Waals surface area contributed by atoms with E-state index in [1.165, 1.54) is 6.07 Å². The molecule has 1 N–H and O–H groups in total. The summed E-state index contributed by atoms with van der Waals surface area (Å²) >= 11 is 0. The highest BCUT2D eigenvalue weighted by atomic mass is 16.1. The average molecular weight is 177 g/mol. The molecule has 66 valence electrons. The van der Waals surface area contributed by atoms with Crippen LogP contribution in [0, 0.1) is 6.92 Å². The molecule has 0 unspecified atom stereocenters. The zero-order valence-corrected chi connectivity index (χ0v) is 6.94. The van der Waals surface area contributed by atoms with Gasteiger partial charge >= 0.3 is 0 Å². The molecule has 0 aromatic carbocycles. The predicted molar refractivity (Wildman–Crippen MR) is 46.8 cm³/mol. The number of fused-ring (bicyclic) bond motifs is 1. The van der Waals surface area contributed by atoms with Crippen LogP contribution < -0.4 is 11.1 Å². The number of H-pyrrole nitrogens is 1. The van der Waals surface area contributed by atoms with Gasteiger partial charge in [0.05, 0.1) is 0 Å². The number of nitrogens with zero attached hydrogens (tertiary/aromatic N) is 2. The second-order valence-electron chi connectivity index (χ2n) is 2.76. The standard InChI is InChI=1S/C8H7N3O2/c1-5-4-11-3-2-6(12)9-8(11)10-7(5)13/h2-4H,1H3,(H,9,10,12,13). The van der Waals surface area contributed by atoms with Crippen LogP contribution in [-0.4, -0.2) is 14.4 Å². The van der Waals surface area contributed by atoms with Crippen LogP contribution in [0.5, 0.6) is 0 Å². The van der Waals surface area contributed by atoms with Gasteiger partial charge in [-0.3, -0.25) is 19.0 Å². The third-order valence-corrected chi connectivity index (χ3v) is 1.74. The van der Waals surface area contributed by atoms with Crippen LogP contribution in [-0.2, 0) is 0 Å². The van der Waals surface area contributed by atoms with Crippen molar-refractivity contribution in [1.82, 2.24) is 14.4 Å². The Morgan fingerprint density at radius 2 is 2.23 bits per heavy atom. The van der Waals surface area contributed by atoms with Gasteiger partial charge in [-0.25, -0.2) is 0 Å². The Hall–Kier alpha value is -1.91. The van der Waals surface area contributed by atoms with Gasteiger partial charge in [0.15, 0.2) is 0 Å². The summed E-state index contributed by atoms with van der Waals surface area (Å²) in [7, 11) is 0. The molecule has 13 heavy (non-hydrogen) atoms. The van der Waals surface area contributed by atoms with Gasteiger partial charge in [0.1, 0.15) is 0 Å². The maximum Gasteiger partial charge on any atom is 0.277 e. The molecule has 0 aliphatic heterocycles. The van der Waals surface area contributed by atoms with Crippen molar-refractivity contribution in [3.05, 3.63) is 44.7 Å². The molecular formula is C8H7N3O2. The monoisotopic (exact) mass is 177 g/mol. The lowest BCUT2D eigenvalue weighted by molar-refractivity contribution is 0.979. The fourth-order valence-electron chi connectivity index (χ4n) is 1.07. The van der Waals surface area contributed by atoms with E-state index < -0.39 is 0 Å². The predicted octanol–water partition coefficient (Wildman–Crippen LogP) is -0.309. The molecule has 5 heteroatoms. The highest BCUT2D eigenvalue weighted by Gasteiger charge is 1.98. The first-order valence-corrected chi connectivity index (χ1v) is 3.76. The third-order valence-electron chi connectivity index (χ3n) is 1.74. The summed E-state index contributed by atoms with van der Waals surface area (Å²) in [4.78, 5) is 28.1. The van der Waals surface area contributed by atoms with E-state index in [4.69, 9.17) is 0 Å². The number of aryl methyl sites for hydroxylation is 1. The van der Waals surface area contributed by atoms with E-state index in [1.54, 1.807) is 23.7 Å². The second kappa shape index (κ2) is 2.55. The van der Waals surface area contributed by atoms with Crippen LogP contribution in [0.3, 0.4) is 0 Å². The average Bonchev–Trinajstić information content (AvgIpc) is 2.08. The molecule has 0 amide bonds. The number of nitrogens with one attached hydrogen (secondary N) is 1. The first kappa shape index (κ1) is 7.72. The van der Waals surface area contributed by atoms with Gasteiger partial charge in [-0.2, -0.15) is 4.98 Å². The maximum absolute atomic E-state index is 11.1. The number of aromatic nitrogens is 3. The Labute approximate surface area is 72.7 Å². The van der Waals surface area contributed by atoms with Gasteiger partial charge in [-0.05, 0) is 6.92 Å². The van der Waals surface area contributed by atoms with Crippen molar-refractivity contribution in [2.45, 2.75) is 6.92 Å². The Kier molecular flexibility index (Phi) is 1.51. The van der Waals surface area contributed by atoms with Crippen molar-refractivity contribution in [3.63, 3.8) is 0 Å². The van der Waals surface area contributed by atoms with Crippen molar-refractivity contribution in [1.29, 1.82) is 0 Å². The third kappa shape index (κ3) is 1.24. The summed E-state index contributed by atoms with van der Waals surface area (Å²) in [5, 5.41) is 0. The van der Waals surface area contributed by atoms with E-state index in [1.807, 2.05) is 0 Å². The number of rotatable bonds is 0. The Morgan fingerprint density at radius 3 is 3.00 bits per heavy atom. The van der Waals surface area contributed by atoms with Gasteiger partial charge in [0, 0.05) is 24.0 Å². The molecule has 2 heterocycles. The molecule has 0 radical (unpaired) electrons. The van der Waals surface area contributed by atoms with Crippen molar-refractivity contribution in [3.8, 4) is 0 Å². The summed E-state index contributed by atoms with van der Waals surface area (Å²) in [6, 6.07) is 1.37.